The summed E-state index contributed by atoms with van der Waals surface area (Å²) in [7, 11) is 0. The van der Waals surface area contributed by atoms with Crippen molar-refractivity contribution in [2.45, 2.75) is 38.5 Å². The highest BCUT2D eigenvalue weighted by molar-refractivity contribution is 6.46. The van der Waals surface area contributed by atoms with Gasteiger partial charge in [-0.2, -0.15) is 0 Å². The molecule has 8 heteroatoms. The van der Waals surface area contributed by atoms with E-state index >= 15 is 0 Å². The molecule has 1 aromatic heterocycles. The van der Waals surface area contributed by atoms with Gasteiger partial charge in [-0.05, 0) is 54.8 Å². The van der Waals surface area contributed by atoms with E-state index < -0.39 is 23.5 Å². The van der Waals surface area contributed by atoms with Crippen LogP contribution in [-0.2, 0) is 22.6 Å². The number of amides is 1. The summed E-state index contributed by atoms with van der Waals surface area (Å²) < 4.78 is 21.2. The van der Waals surface area contributed by atoms with Crippen LogP contribution in [-0.4, -0.2) is 43.9 Å². The lowest BCUT2D eigenvalue weighted by atomic mass is 9.94. The Balaban J connectivity index is 1.52. The summed E-state index contributed by atoms with van der Waals surface area (Å²) in [5.74, 6) is -1.35. The van der Waals surface area contributed by atoms with E-state index in [0.717, 1.165) is 11.3 Å². The molecular formula is C26H24FN3O4. The highest BCUT2D eigenvalue weighted by atomic mass is 19.1. The predicted octanol–water partition coefficient (Wildman–Crippen LogP) is 3.86. The fourth-order valence-electron chi connectivity index (χ4n) is 4.67. The van der Waals surface area contributed by atoms with E-state index in [9.17, 15) is 19.1 Å². The Bertz CT molecular complexity index is 1270. The minimum atomic E-state index is -0.813. The second kappa shape index (κ2) is 8.78. The van der Waals surface area contributed by atoms with E-state index in [0.29, 0.717) is 30.5 Å². The molecule has 2 aliphatic heterocycles. The van der Waals surface area contributed by atoms with E-state index in [2.05, 4.69) is 4.98 Å². The van der Waals surface area contributed by atoms with Crippen molar-refractivity contribution in [3.63, 3.8) is 0 Å². The maximum absolute atomic E-state index is 13.6. The average Bonchev–Trinajstić information content (AvgIpc) is 3.53. The Morgan fingerprint density at radius 1 is 1.18 bits per heavy atom. The van der Waals surface area contributed by atoms with Gasteiger partial charge in [0.2, 0.25) is 0 Å². The van der Waals surface area contributed by atoms with Crippen LogP contribution < -0.4 is 4.74 Å². The van der Waals surface area contributed by atoms with Gasteiger partial charge in [-0.1, -0.05) is 12.1 Å². The fraction of sp³-hybridized carbons (Fsp3) is 0.269. The van der Waals surface area contributed by atoms with Crippen LogP contribution in [0.1, 0.15) is 36.1 Å². The van der Waals surface area contributed by atoms with Crippen LogP contribution in [0, 0.1) is 5.82 Å². The minimum absolute atomic E-state index is 0.00570. The average molecular weight is 461 g/mol. The van der Waals surface area contributed by atoms with Crippen LogP contribution in [0.4, 0.5) is 4.39 Å². The topological polar surface area (TPSA) is 84.7 Å². The van der Waals surface area contributed by atoms with Crippen LogP contribution >= 0.6 is 0 Å². The van der Waals surface area contributed by atoms with Gasteiger partial charge in [-0.15, -0.1) is 0 Å². The van der Waals surface area contributed by atoms with Crippen LogP contribution in [0.5, 0.6) is 5.75 Å². The van der Waals surface area contributed by atoms with Gasteiger partial charge in [0.1, 0.15) is 23.4 Å². The summed E-state index contributed by atoms with van der Waals surface area (Å²) in [4.78, 5) is 31.6. The summed E-state index contributed by atoms with van der Waals surface area (Å²) in [6, 6.07) is 10.1. The number of likely N-dealkylation sites (tertiary alicyclic amines) is 1. The maximum atomic E-state index is 13.6. The minimum Gasteiger partial charge on any atom is -0.507 e. The van der Waals surface area contributed by atoms with Gasteiger partial charge in [-0.25, -0.2) is 9.37 Å². The summed E-state index contributed by atoms with van der Waals surface area (Å²) in [6.07, 6.45) is 6.49. The molecule has 2 aliphatic rings. The lowest BCUT2D eigenvalue weighted by molar-refractivity contribution is -0.139. The normalized spacial score (nSPS) is 21.1. The van der Waals surface area contributed by atoms with Crippen molar-refractivity contribution < 1.29 is 23.8 Å². The zero-order valence-corrected chi connectivity index (χ0v) is 18.6. The number of benzene rings is 2. The van der Waals surface area contributed by atoms with Crippen molar-refractivity contribution in [2.75, 3.05) is 6.54 Å². The molecule has 3 heterocycles. The molecular weight excluding hydrogens is 437 g/mol. The van der Waals surface area contributed by atoms with Gasteiger partial charge in [-0.3, -0.25) is 9.59 Å². The van der Waals surface area contributed by atoms with Crippen LogP contribution in [0.3, 0.4) is 0 Å². The van der Waals surface area contributed by atoms with E-state index in [1.54, 1.807) is 42.9 Å². The van der Waals surface area contributed by atoms with Gasteiger partial charge in [0.15, 0.2) is 0 Å². The molecule has 2 aromatic carbocycles. The number of aliphatic hydroxyl groups is 1. The number of hydrogen-bond donors (Lipinski definition) is 1. The third kappa shape index (κ3) is 3.96. The maximum Gasteiger partial charge on any atom is 0.295 e. The lowest BCUT2D eigenvalue weighted by Gasteiger charge is -2.25. The number of aliphatic hydroxyl groups excluding tert-OH is 1. The van der Waals surface area contributed by atoms with E-state index in [1.165, 1.54) is 17.0 Å². The number of ether oxygens (including phenoxy) is 1. The molecule has 3 aromatic rings. The van der Waals surface area contributed by atoms with Gasteiger partial charge in [0.25, 0.3) is 11.7 Å². The number of halogens is 1. The molecule has 0 unspecified atom stereocenters. The van der Waals surface area contributed by atoms with Gasteiger partial charge in [0, 0.05) is 37.5 Å². The van der Waals surface area contributed by atoms with E-state index in [1.807, 2.05) is 17.7 Å². The van der Waals surface area contributed by atoms with Crippen molar-refractivity contribution in [1.82, 2.24) is 14.5 Å². The quantitative estimate of drug-likeness (QED) is 0.342. The van der Waals surface area contributed by atoms with Crippen molar-refractivity contribution >= 4 is 17.4 Å². The Morgan fingerprint density at radius 3 is 2.71 bits per heavy atom. The van der Waals surface area contributed by atoms with Crippen LogP contribution in [0.25, 0.3) is 5.76 Å². The standard InChI is InChI=1S/C26H24FN3O4/c1-16-13-19-14-18(5-8-21(19)34-16)24(31)22-23(17-3-6-20(27)7-4-17)30(26(33)25(22)32)11-2-10-29-12-9-28-15-29/h3-9,12,14-16,23,31H,2,10-11,13H2,1H3/b24-22+/t16-,23+/m1/s1. The molecule has 34 heavy (non-hydrogen) atoms. The third-order valence-corrected chi connectivity index (χ3v) is 6.27. The van der Waals surface area contributed by atoms with Crippen LogP contribution in [0.15, 0.2) is 66.8 Å². The molecule has 0 bridgehead atoms. The van der Waals surface area contributed by atoms with Gasteiger partial charge >= 0.3 is 0 Å². The molecule has 1 saturated heterocycles. The highest BCUT2D eigenvalue weighted by Crippen LogP contribution is 2.40. The largest absolute Gasteiger partial charge is 0.507 e. The predicted molar refractivity (Wildman–Crippen MR) is 122 cm³/mol. The Hall–Kier alpha value is -3.94. The summed E-state index contributed by atoms with van der Waals surface area (Å²) >= 11 is 0. The monoisotopic (exact) mass is 461 g/mol. The second-order valence-electron chi connectivity index (χ2n) is 8.65. The summed E-state index contributed by atoms with van der Waals surface area (Å²) in [5, 5.41) is 11.2. The molecule has 174 valence electrons. The molecule has 7 nitrogen and oxygen atoms in total. The molecule has 1 fully saturated rings. The molecule has 1 N–H and O–H groups in total. The zero-order chi connectivity index (χ0) is 23.8. The molecule has 0 radical (unpaired) electrons. The van der Waals surface area contributed by atoms with Crippen molar-refractivity contribution in [1.29, 1.82) is 0 Å². The van der Waals surface area contributed by atoms with Crippen LogP contribution in [0.2, 0.25) is 0 Å². The number of hydrogen-bond acceptors (Lipinski definition) is 5. The first kappa shape index (κ1) is 21.9. The van der Waals surface area contributed by atoms with Crippen molar-refractivity contribution in [3.05, 3.63) is 89.3 Å². The Kier molecular flexibility index (Phi) is 5.65. The third-order valence-electron chi connectivity index (χ3n) is 6.27. The lowest BCUT2D eigenvalue weighted by Crippen LogP contribution is -2.31. The van der Waals surface area contributed by atoms with Crippen molar-refractivity contribution in [2.24, 2.45) is 0 Å². The second-order valence-corrected chi connectivity index (χ2v) is 8.65. The molecule has 1 amide bonds. The molecule has 5 rings (SSSR count). The number of ketones is 1. The molecule has 0 aliphatic carbocycles. The first-order chi connectivity index (χ1) is 16.4. The highest BCUT2D eigenvalue weighted by Gasteiger charge is 2.45. The molecule has 0 spiro atoms. The molecule has 2 atom stereocenters. The Labute approximate surface area is 196 Å². The molecule has 0 saturated carbocycles. The van der Waals surface area contributed by atoms with E-state index in [-0.39, 0.29) is 24.0 Å². The number of imidazole rings is 1. The zero-order valence-electron chi connectivity index (χ0n) is 18.6. The van der Waals surface area contributed by atoms with Gasteiger partial charge < -0.3 is 19.3 Å². The van der Waals surface area contributed by atoms with Gasteiger partial charge in [0.05, 0.1) is 17.9 Å². The first-order valence-corrected chi connectivity index (χ1v) is 11.2. The number of aryl methyl sites for hydroxylation is 1. The number of rotatable bonds is 6. The summed E-state index contributed by atoms with van der Waals surface area (Å²) in [6.45, 7) is 2.86. The smallest absolute Gasteiger partial charge is 0.295 e. The SMILES string of the molecule is C[C@@H]1Cc2cc(/C(O)=C3\C(=O)C(=O)N(CCCn4ccnc4)[C@H]3c3ccc(F)cc3)ccc2O1. The number of Topliss-reactive ketones (excluding diaryl/α,β-unsaturated/α-hetero) is 1. The number of nitrogens with zero attached hydrogens (tertiary/aromatic N) is 3. The Morgan fingerprint density at radius 2 is 1.97 bits per heavy atom. The summed E-state index contributed by atoms with van der Waals surface area (Å²) in [5.41, 5.74) is 1.94. The fourth-order valence-corrected chi connectivity index (χ4v) is 4.67. The van der Waals surface area contributed by atoms with E-state index in [4.69, 9.17) is 4.74 Å². The number of carbonyl (C=O) groups excluding carboxylic acids is 2. The number of fused-ring (bicyclic) bond motifs is 1. The first-order valence-electron chi connectivity index (χ1n) is 11.2. The number of aromatic nitrogens is 2. The number of carbonyl (C=O) groups is 2. The van der Waals surface area contributed by atoms with Crippen molar-refractivity contribution in [3.8, 4) is 5.75 Å².